The molecule has 3 amide bonds. The number of ether oxygens (including phenoxy) is 2. The summed E-state index contributed by atoms with van der Waals surface area (Å²) in [5, 5.41) is 4.56. The lowest BCUT2D eigenvalue weighted by Crippen LogP contribution is -2.22. The molecule has 1 aromatic rings. The fourth-order valence-electron chi connectivity index (χ4n) is 1.73. The highest BCUT2D eigenvalue weighted by Gasteiger charge is 2.23. The smallest absolute Gasteiger partial charge is 0.326 e. The molecule has 0 aliphatic carbocycles. The highest BCUT2D eigenvalue weighted by Crippen LogP contribution is 2.34. The first kappa shape index (κ1) is 14.4. The van der Waals surface area contributed by atoms with Crippen LogP contribution in [0, 0.1) is 0 Å². The van der Waals surface area contributed by atoms with Gasteiger partial charge in [0, 0.05) is 4.47 Å². The van der Waals surface area contributed by atoms with Crippen molar-refractivity contribution in [2.75, 3.05) is 13.7 Å². The summed E-state index contributed by atoms with van der Waals surface area (Å²) in [7, 11) is 1.53. The van der Waals surface area contributed by atoms with Crippen molar-refractivity contribution in [2.24, 2.45) is 0 Å². The Bertz CT molecular complexity index is 598. The second-order valence-electron chi connectivity index (χ2n) is 3.92. The summed E-state index contributed by atoms with van der Waals surface area (Å²) in [6, 6.07) is 2.94. The Balaban J connectivity index is 2.40. The van der Waals surface area contributed by atoms with Crippen LogP contribution >= 0.6 is 15.9 Å². The van der Waals surface area contributed by atoms with Gasteiger partial charge in [-0.25, -0.2) is 4.79 Å². The van der Waals surface area contributed by atoms with Crippen LogP contribution in [0.15, 0.2) is 22.3 Å². The number of rotatable bonds is 4. The topological polar surface area (TPSA) is 76.7 Å². The van der Waals surface area contributed by atoms with E-state index in [1.807, 2.05) is 6.92 Å². The SMILES string of the molecule is CCOc1cc(Br)c(C=C2NC(=O)NC2=O)cc1OC. The number of methoxy groups -OCH3 is 1. The number of nitrogens with one attached hydrogen (secondary N) is 2. The molecule has 1 saturated heterocycles. The maximum absolute atomic E-state index is 11.5. The zero-order valence-corrected chi connectivity index (χ0v) is 12.5. The Morgan fingerprint density at radius 2 is 2.00 bits per heavy atom. The number of imide groups is 1. The van der Waals surface area contributed by atoms with Gasteiger partial charge in [0.1, 0.15) is 5.70 Å². The van der Waals surface area contributed by atoms with Crippen molar-refractivity contribution in [2.45, 2.75) is 6.92 Å². The number of halogens is 1. The third kappa shape index (κ3) is 2.93. The summed E-state index contributed by atoms with van der Waals surface area (Å²) in [5.41, 5.74) is 0.875. The lowest BCUT2D eigenvalue weighted by atomic mass is 10.1. The quantitative estimate of drug-likeness (QED) is 0.649. The normalized spacial score (nSPS) is 16.1. The summed E-state index contributed by atoms with van der Waals surface area (Å²) in [4.78, 5) is 22.6. The van der Waals surface area contributed by atoms with E-state index in [4.69, 9.17) is 9.47 Å². The molecule has 1 aliphatic heterocycles. The number of carbonyl (C=O) groups is 2. The zero-order valence-electron chi connectivity index (χ0n) is 11.0. The minimum atomic E-state index is -0.532. The number of hydrogen-bond acceptors (Lipinski definition) is 4. The molecule has 1 fully saturated rings. The van der Waals surface area contributed by atoms with Crippen LogP contribution in [0.1, 0.15) is 12.5 Å². The van der Waals surface area contributed by atoms with E-state index in [1.165, 1.54) is 7.11 Å². The number of benzene rings is 1. The van der Waals surface area contributed by atoms with Gasteiger partial charge in [-0.1, -0.05) is 15.9 Å². The van der Waals surface area contributed by atoms with Gasteiger partial charge < -0.3 is 14.8 Å². The highest BCUT2D eigenvalue weighted by molar-refractivity contribution is 9.10. The molecule has 0 atom stereocenters. The Morgan fingerprint density at radius 1 is 1.25 bits per heavy atom. The molecule has 2 rings (SSSR count). The summed E-state index contributed by atoms with van der Waals surface area (Å²) in [6.07, 6.45) is 1.56. The molecular formula is C13H13BrN2O4. The third-order valence-corrected chi connectivity index (χ3v) is 3.29. The molecule has 2 N–H and O–H groups in total. The van der Waals surface area contributed by atoms with Crippen LogP contribution in [-0.2, 0) is 4.79 Å². The zero-order chi connectivity index (χ0) is 14.7. The van der Waals surface area contributed by atoms with Crippen LogP contribution < -0.4 is 20.1 Å². The Hall–Kier alpha value is -2.02. The van der Waals surface area contributed by atoms with Gasteiger partial charge in [-0.15, -0.1) is 0 Å². The predicted molar refractivity (Wildman–Crippen MR) is 76.5 cm³/mol. The molecule has 20 heavy (non-hydrogen) atoms. The Labute approximate surface area is 124 Å². The van der Waals surface area contributed by atoms with E-state index < -0.39 is 11.9 Å². The van der Waals surface area contributed by atoms with Gasteiger partial charge in [0.2, 0.25) is 0 Å². The van der Waals surface area contributed by atoms with E-state index in [2.05, 4.69) is 26.6 Å². The molecular weight excluding hydrogens is 328 g/mol. The van der Waals surface area contributed by atoms with E-state index in [1.54, 1.807) is 18.2 Å². The first-order valence-corrected chi connectivity index (χ1v) is 6.68. The number of amides is 3. The van der Waals surface area contributed by atoms with Gasteiger partial charge in [-0.2, -0.15) is 0 Å². The Morgan fingerprint density at radius 3 is 2.55 bits per heavy atom. The molecule has 106 valence electrons. The van der Waals surface area contributed by atoms with Crippen LogP contribution in [0.25, 0.3) is 6.08 Å². The molecule has 0 bridgehead atoms. The molecule has 0 aromatic heterocycles. The van der Waals surface area contributed by atoms with Crippen molar-refractivity contribution >= 4 is 33.9 Å². The lowest BCUT2D eigenvalue weighted by molar-refractivity contribution is -0.115. The summed E-state index contributed by atoms with van der Waals surface area (Å²) < 4.78 is 11.4. The second-order valence-corrected chi connectivity index (χ2v) is 4.78. The van der Waals surface area contributed by atoms with E-state index in [9.17, 15) is 9.59 Å². The molecule has 0 spiro atoms. The predicted octanol–water partition coefficient (Wildman–Crippen LogP) is 2.04. The van der Waals surface area contributed by atoms with Crippen LogP contribution in [0.5, 0.6) is 11.5 Å². The van der Waals surface area contributed by atoms with Crippen molar-refractivity contribution in [3.8, 4) is 11.5 Å². The first-order valence-electron chi connectivity index (χ1n) is 5.89. The van der Waals surface area contributed by atoms with Gasteiger partial charge in [0.25, 0.3) is 5.91 Å². The third-order valence-electron chi connectivity index (χ3n) is 2.60. The van der Waals surface area contributed by atoms with Crippen molar-refractivity contribution < 1.29 is 19.1 Å². The molecule has 1 aliphatic rings. The average molecular weight is 341 g/mol. The van der Waals surface area contributed by atoms with Gasteiger partial charge in [0.05, 0.1) is 13.7 Å². The monoisotopic (exact) mass is 340 g/mol. The van der Waals surface area contributed by atoms with Crippen LogP contribution in [0.3, 0.4) is 0 Å². The fraction of sp³-hybridized carbons (Fsp3) is 0.231. The van der Waals surface area contributed by atoms with Crippen molar-refractivity contribution in [1.29, 1.82) is 0 Å². The second kappa shape index (κ2) is 5.96. The average Bonchev–Trinajstić information content (AvgIpc) is 2.71. The summed E-state index contributed by atoms with van der Waals surface area (Å²) in [6.45, 7) is 2.39. The van der Waals surface area contributed by atoms with Crippen molar-refractivity contribution in [1.82, 2.24) is 10.6 Å². The van der Waals surface area contributed by atoms with E-state index in [0.717, 1.165) is 4.47 Å². The van der Waals surface area contributed by atoms with Crippen LogP contribution in [0.4, 0.5) is 4.79 Å². The molecule has 0 saturated carbocycles. The van der Waals surface area contributed by atoms with E-state index >= 15 is 0 Å². The van der Waals surface area contributed by atoms with Gasteiger partial charge in [-0.3, -0.25) is 10.1 Å². The number of hydrogen-bond donors (Lipinski definition) is 2. The standard InChI is InChI=1S/C13H13BrN2O4/c1-3-20-11-6-8(14)7(5-10(11)19-2)4-9-12(17)16-13(18)15-9/h4-6H,3H2,1-2H3,(H2,15,16,17,18). The van der Waals surface area contributed by atoms with E-state index in [0.29, 0.717) is 23.7 Å². The molecule has 1 heterocycles. The minimum absolute atomic E-state index is 0.182. The van der Waals surface area contributed by atoms with Crippen LogP contribution in [-0.4, -0.2) is 25.7 Å². The summed E-state index contributed by atoms with van der Waals surface area (Å²) in [5.74, 6) is 0.685. The fourth-order valence-corrected chi connectivity index (χ4v) is 2.16. The molecule has 0 unspecified atom stereocenters. The van der Waals surface area contributed by atoms with Gasteiger partial charge in [0.15, 0.2) is 11.5 Å². The van der Waals surface area contributed by atoms with Crippen molar-refractivity contribution in [3.63, 3.8) is 0 Å². The number of urea groups is 1. The lowest BCUT2D eigenvalue weighted by Gasteiger charge is -2.11. The minimum Gasteiger partial charge on any atom is -0.493 e. The molecule has 1 aromatic carbocycles. The summed E-state index contributed by atoms with van der Waals surface area (Å²) >= 11 is 3.40. The van der Waals surface area contributed by atoms with Crippen LogP contribution in [0.2, 0.25) is 0 Å². The van der Waals surface area contributed by atoms with Gasteiger partial charge >= 0.3 is 6.03 Å². The molecule has 6 nitrogen and oxygen atoms in total. The van der Waals surface area contributed by atoms with Crippen molar-refractivity contribution in [3.05, 3.63) is 27.9 Å². The largest absolute Gasteiger partial charge is 0.493 e. The highest BCUT2D eigenvalue weighted by atomic mass is 79.9. The molecule has 0 radical (unpaired) electrons. The first-order chi connectivity index (χ1) is 9.55. The number of carbonyl (C=O) groups excluding carboxylic acids is 2. The maximum atomic E-state index is 11.5. The molecule has 7 heteroatoms. The van der Waals surface area contributed by atoms with E-state index in [-0.39, 0.29) is 5.70 Å². The van der Waals surface area contributed by atoms with Gasteiger partial charge in [-0.05, 0) is 30.7 Å². The Kier molecular flexibility index (Phi) is 4.29. The maximum Gasteiger partial charge on any atom is 0.326 e.